The third kappa shape index (κ3) is 5.52. The maximum absolute atomic E-state index is 13.9. The van der Waals surface area contributed by atoms with Gasteiger partial charge in [0.15, 0.2) is 6.29 Å². The van der Waals surface area contributed by atoms with Gasteiger partial charge >= 0.3 is 17.9 Å². The molecule has 3 aliphatic carbocycles. The van der Waals surface area contributed by atoms with E-state index in [9.17, 15) is 14.4 Å². The maximum atomic E-state index is 13.9. The van der Waals surface area contributed by atoms with Crippen molar-refractivity contribution in [2.45, 2.75) is 131 Å². The topological polar surface area (TPSA) is 120 Å². The number of allylic oxidation sites excluding steroid dienone is 3. The molecule has 274 valence electrons. The second-order valence-electron chi connectivity index (χ2n) is 15.6. The number of furan rings is 1. The Morgan fingerprint density at radius 2 is 1.62 bits per heavy atom. The Kier molecular flexibility index (Phi) is 9.80. The van der Waals surface area contributed by atoms with E-state index in [0.717, 1.165) is 16.7 Å². The van der Waals surface area contributed by atoms with Gasteiger partial charge in [-0.3, -0.25) is 4.79 Å². The number of fused-ring (bicyclic) bond motifs is 4. The first-order valence-corrected chi connectivity index (χ1v) is 18.1. The monoisotopic (exact) mass is 694 g/mol. The van der Waals surface area contributed by atoms with Gasteiger partial charge in [0.05, 0.1) is 31.3 Å². The predicted octanol–water partition coefficient (Wildman–Crippen LogP) is 6.99. The van der Waals surface area contributed by atoms with Crippen LogP contribution in [-0.4, -0.2) is 67.9 Å². The van der Waals surface area contributed by atoms with Gasteiger partial charge in [-0.1, -0.05) is 38.5 Å². The Balaban J connectivity index is 1.63. The van der Waals surface area contributed by atoms with E-state index in [1.807, 2.05) is 26.8 Å². The van der Waals surface area contributed by atoms with Gasteiger partial charge in [-0.25, -0.2) is 9.59 Å². The number of carbonyl (C=O) groups is 3. The standard InChI is InChI=1S/C40H54O10/c1-11-21(4)36(42)49-30-18-29(47-24(7)41)38(8)20-46-33-34(38)39(30,9)28-17-31(45-13-3)48-27-16-26(25-14-15-44-19-25)23(6)32(27)40(28,10)35(33)50-37(43)22(5)12-2/h11-12,14-15,19,26-31,33-35H,13,16-18,20H2,1-10H3/b21-11+,22-12+/t26-,27+,28-,29-,30+,31+,33-,34+,35-,38-,39+,40-/m1/s1. The van der Waals surface area contributed by atoms with Crippen LogP contribution in [0.5, 0.6) is 0 Å². The summed E-state index contributed by atoms with van der Waals surface area (Å²) < 4.78 is 45.0. The molecule has 2 saturated carbocycles. The van der Waals surface area contributed by atoms with E-state index in [2.05, 4.69) is 27.7 Å². The summed E-state index contributed by atoms with van der Waals surface area (Å²) in [5, 5.41) is 0. The number of hydrogen-bond acceptors (Lipinski definition) is 10. The average Bonchev–Trinajstić information content (AvgIpc) is 3.79. The molecule has 10 heteroatoms. The molecule has 6 rings (SSSR count). The third-order valence-corrected chi connectivity index (χ3v) is 13.2. The van der Waals surface area contributed by atoms with Crippen molar-refractivity contribution in [2.24, 2.45) is 28.1 Å². The highest BCUT2D eigenvalue weighted by Crippen LogP contribution is 2.73. The predicted molar refractivity (Wildman–Crippen MR) is 184 cm³/mol. The molecule has 0 radical (unpaired) electrons. The van der Waals surface area contributed by atoms with Crippen LogP contribution in [0.3, 0.4) is 0 Å². The molecule has 1 aromatic rings. The Labute approximate surface area is 295 Å². The van der Waals surface area contributed by atoms with Crippen LogP contribution < -0.4 is 0 Å². The zero-order valence-corrected chi connectivity index (χ0v) is 31.2. The minimum Gasteiger partial charge on any atom is -0.472 e. The van der Waals surface area contributed by atoms with E-state index in [4.69, 9.17) is 32.8 Å². The van der Waals surface area contributed by atoms with Crippen molar-refractivity contribution in [2.75, 3.05) is 13.2 Å². The summed E-state index contributed by atoms with van der Waals surface area (Å²) in [7, 11) is 0. The van der Waals surface area contributed by atoms with E-state index < -0.39 is 64.9 Å². The SMILES string of the molecule is C/C=C(\C)C(=O)O[C@@H]1[C@@H]2OC[C@]3(C)[C@H](OC(C)=O)C[C@H](OC(=O)/C(C)=C/C)[C@@](C)([C@@H]23)[C@H]2C[C@@H](OCC)O[C@H]3C[C@@H](c4ccoc4)C(C)=C3[C@]12C. The molecule has 50 heavy (non-hydrogen) atoms. The van der Waals surface area contributed by atoms with E-state index in [1.165, 1.54) is 6.92 Å². The fourth-order valence-corrected chi connectivity index (χ4v) is 10.7. The molecular formula is C40H54O10. The molecule has 2 aliphatic heterocycles. The molecule has 1 aromatic heterocycles. The van der Waals surface area contributed by atoms with E-state index >= 15 is 0 Å². The first-order valence-electron chi connectivity index (χ1n) is 18.1. The smallest absolute Gasteiger partial charge is 0.333 e. The van der Waals surface area contributed by atoms with Crippen molar-refractivity contribution >= 4 is 17.9 Å². The molecule has 0 bridgehead atoms. The quantitative estimate of drug-likeness (QED) is 0.122. The number of esters is 3. The summed E-state index contributed by atoms with van der Waals surface area (Å²) in [5.74, 6) is -1.83. The Morgan fingerprint density at radius 1 is 0.940 bits per heavy atom. The van der Waals surface area contributed by atoms with Crippen molar-refractivity contribution < 1.29 is 47.2 Å². The van der Waals surface area contributed by atoms with Crippen molar-refractivity contribution in [3.05, 3.63) is 58.6 Å². The summed E-state index contributed by atoms with van der Waals surface area (Å²) in [4.78, 5) is 40.2. The van der Waals surface area contributed by atoms with Gasteiger partial charge in [0.25, 0.3) is 0 Å². The van der Waals surface area contributed by atoms with Crippen LogP contribution in [0.2, 0.25) is 0 Å². The molecule has 0 unspecified atom stereocenters. The zero-order chi connectivity index (χ0) is 36.3. The fourth-order valence-electron chi connectivity index (χ4n) is 10.7. The number of ether oxygens (including phenoxy) is 6. The highest BCUT2D eigenvalue weighted by Gasteiger charge is 2.78. The lowest BCUT2D eigenvalue weighted by molar-refractivity contribution is -0.263. The molecule has 2 saturated heterocycles. The summed E-state index contributed by atoms with van der Waals surface area (Å²) in [6.07, 6.45) is 4.91. The van der Waals surface area contributed by atoms with Gasteiger partial charge in [0.1, 0.15) is 18.3 Å². The molecule has 5 aliphatic rings. The van der Waals surface area contributed by atoms with Gasteiger partial charge in [0, 0.05) is 65.6 Å². The fraction of sp³-hybridized carbons (Fsp3) is 0.675. The van der Waals surface area contributed by atoms with E-state index in [1.54, 1.807) is 38.5 Å². The minimum atomic E-state index is -0.835. The maximum Gasteiger partial charge on any atom is 0.333 e. The van der Waals surface area contributed by atoms with Gasteiger partial charge in [-0.15, -0.1) is 0 Å². The Morgan fingerprint density at radius 3 is 2.22 bits per heavy atom. The van der Waals surface area contributed by atoms with E-state index in [0.29, 0.717) is 37.0 Å². The van der Waals surface area contributed by atoms with Crippen LogP contribution in [0.4, 0.5) is 0 Å². The van der Waals surface area contributed by atoms with Crippen LogP contribution in [0, 0.1) is 28.1 Å². The summed E-state index contributed by atoms with van der Waals surface area (Å²) >= 11 is 0. The largest absolute Gasteiger partial charge is 0.472 e. The van der Waals surface area contributed by atoms with Crippen molar-refractivity contribution in [1.82, 2.24) is 0 Å². The van der Waals surface area contributed by atoms with Crippen molar-refractivity contribution in [1.29, 1.82) is 0 Å². The van der Waals surface area contributed by atoms with Crippen LogP contribution in [0.15, 0.2) is 57.5 Å². The molecule has 12 atom stereocenters. The van der Waals surface area contributed by atoms with Gasteiger partial charge < -0.3 is 32.8 Å². The van der Waals surface area contributed by atoms with Crippen molar-refractivity contribution in [3.63, 3.8) is 0 Å². The molecule has 10 nitrogen and oxygen atoms in total. The zero-order valence-electron chi connectivity index (χ0n) is 31.2. The lowest BCUT2D eigenvalue weighted by Crippen LogP contribution is -2.72. The molecule has 3 heterocycles. The summed E-state index contributed by atoms with van der Waals surface area (Å²) in [6, 6.07) is 1.99. The minimum absolute atomic E-state index is 0.0196. The van der Waals surface area contributed by atoms with Gasteiger partial charge in [-0.2, -0.15) is 0 Å². The van der Waals surface area contributed by atoms with Crippen LogP contribution in [0.1, 0.15) is 100.0 Å². The normalized spacial score (nSPS) is 41.1. The highest BCUT2D eigenvalue weighted by molar-refractivity contribution is 5.88. The molecule has 0 N–H and O–H groups in total. The highest BCUT2D eigenvalue weighted by atomic mass is 16.7. The van der Waals surface area contributed by atoms with Crippen LogP contribution >= 0.6 is 0 Å². The molecule has 0 spiro atoms. The first-order chi connectivity index (χ1) is 23.7. The Bertz CT molecular complexity index is 1590. The molecule has 0 aromatic carbocycles. The second kappa shape index (κ2) is 13.4. The number of hydrogen-bond donors (Lipinski definition) is 0. The number of carbonyl (C=O) groups excluding carboxylic acids is 3. The molecular weight excluding hydrogens is 640 g/mol. The van der Waals surface area contributed by atoms with Crippen LogP contribution in [-0.2, 0) is 42.8 Å². The van der Waals surface area contributed by atoms with Crippen molar-refractivity contribution in [3.8, 4) is 0 Å². The lowest BCUT2D eigenvalue weighted by atomic mass is 9.39. The average molecular weight is 695 g/mol. The summed E-state index contributed by atoms with van der Waals surface area (Å²) in [5.41, 5.74) is 1.99. The summed E-state index contributed by atoms with van der Waals surface area (Å²) in [6.45, 7) is 19.8. The van der Waals surface area contributed by atoms with Gasteiger partial charge in [0.2, 0.25) is 0 Å². The third-order valence-electron chi connectivity index (χ3n) is 13.2. The second-order valence-corrected chi connectivity index (χ2v) is 15.6. The number of rotatable bonds is 8. The molecule has 0 amide bonds. The first kappa shape index (κ1) is 36.6. The Hall–Kier alpha value is -3.21. The van der Waals surface area contributed by atoms with Gasteiger partial charge in [-0.05, 0) is 71.1 Å². The molecule has 4 fully saturated rings. The lowest BCUT2D eigenvalue weighted by Gasteiger charge is -2.66. The van der Waals surface area contributed by atoms with Crippen LogP contribution in [0.25, 0.3) is 0 Å². The van der Waals surface area contributed by atoms with E-state index in [-0.39, 0.29) is 30.5 Å².